The van der Waals surface area contributed by atoms with E-state index in [4.69, 9.17) is 4.74 Å². The van der Waals surface area contributed by atoms with Gasteiger partial charge >= 0.3 is 0 Å². The first kappa shape index (κ1) is 10.1. The minimum atomic E-state index is -0.553. The number of nitrogens with zero attached hydrogens (tertiary/aromatic N) is 1. The van der Waals surface area contributed by atoms with Crippen LogP contribution in [-0.2, 0) is 6.42 Å². The lowest BCUT2D eigenvalue weighted by molar-refractivity contribution is 0.300. The largest absolute Gasteiger partial charge is 0.488 e. The molecule has 0 saturated carbocycles. The van der Waals surface area contributed by atoms with Crippen molar-refractivity contribution in [1.82, 2.24) is 4.98 Å². The number of ether oxygens (including phenoxy) is 1. The first-order chi connectivity index (χ1) is 7.36. The van der Waals surface area contributed by atoms with Gasteiger partial charge in [-0.3, -0.25) is 0 Å². The van der Waals surface area contributed by atoms with E-state index in [1.54, 1.807) is 23.5 Å². The summed E-state index contributed by atoms with van der Waals surface area (Å²) in [5.41, 5.74) is 1.21. The van der Waals surface area contributed by atoms with Crippen LogP contribution in [0.4, 0.5) is 4.39 Å². The molecule has 2 heterocycles. The van der Waals surface area contributed by atoms with Crippen molar-refractivity contribution >= 4 is 11.3 Å². The molecule has 78 valence electrons. The highest BCUT2D eigenvalue weighted by molar-refractivity contribution is 7.07. The smallest absolute Gasteiger partial charge is 0.255 e. The van der Waals surface area contributed by atoms with E-state index in [0.29, 0.717) is 6.61 Å². The molecule has 0 bridgehead atoms. The van der Waals surface area contributed by atoms with Gasteiger partial charge in [-0.15, -0.1) is 0 Å². The Balaban J connectivity index is 1.86. The fourth-order valence-electron chi connectivity index (χ4n) is 1.19. The summed E-state index contributed by atoms with van der Waals surface area (Å²) < 4.78 is 18.3. The molecule has 0 atom stereocenters. The molecule has 0 unspecified atom stereocenters. The number of hydrogen-bond acceptors (Lipinski definition) is 3. The zero-order valence-corrected chi connectivity index (χ0v) is 8.84. The van der Waals surface area contributed by atoms with Gasteiger partial charge in [0.05, 0.1) is 6.61 Å². The van der Waals surface area contributed by atoms with Gasteiger partial charge in [0.2, 0.25) is 0 Å². The summed E-state index contributed by atoms with van der Waals surface area (Å²) in [6, 6.07) is 5.27. The van der Waals surface area contributed by atoms with Crippen molar-refractivity contribution in [2.24, 2.45) is 0 Å². The average molecular weight is 223 g/mol. The lowest BCUT2D eigenvalue weighted by Gasteiger charge is -2.04. The Labute approximate surface area is 91.4 Å². The summed E-state index contributed by atoms with van der Waals surface area (Å²) in [4.78, 5) is 3.51. The third-order valence-electron chi connectivity index (χ3n) is 1.95. The zero-order chi connectivity index (χ0) is 10.5. The number of rotatable bonds is 4. The number of thiophene rings is 1. The molecule has 0 aliphatic carbocycles. The Morgan fingerprint density at radius 2 is 2.33 bits per heavy atom. The van der Waals surface area contributed by atoms with Crippen LogP contribution in [0.5, 0.6) is 5.75 Å². The summed E-state index contributed by atoms with van der Waals surface area (Å²) in [7, 11) is 0. The Morgan fingerprint density at radius 3 is 3.07 bits per heavy atom. The second-order valence-electron chi connectivity index (χ2n) is 3.02. The number of hydrogen-bond donors (Lipinski definition) is 0. The third-order valence-corrected chi connectivity index (χ3v) is 2.69. The molecule has 2 rings (SSSR count). The number of halogens is 1. The second-order valence-corrected chi connectivity index (χ2v) is 3.80. The van der Waals surface area contributed by atoms with Crippen LogP contribution in [0, 0.1) is 5.95 Å². The van der Waals surface area contributed by atoms with Crippen LogP contribution in [0.1, 0.15) is 5.56 Å². The van der Waals surface area contributed by atoms with Crippen molar-refractivity contribution in [3.8, 4) is 5.75 Å². The molecule has 0 spiro atoms. The maximum absolute atomic E-state index is 13.0. The summed E-state index contributed by atoms with van der Waals surface area (Å²) in [6.07, 6.45) is 2.19. The van der Waals surface area contributed by atoms with Crippen LogP contribution >= 0.6 is 11.3 Å². The fraction of sp³-hybridized carbons (Fsp3) is 0.182. The van der Waals surface area contributed by atoms with Gasteiger partial charge in [-0.1, -0.05) is 0 Å². The summed E-state index contributed by atoms with van der Waals surface area (Å²) in [5, 5.41) is 4.07. The lowest BCUT2D eigenvalue weighted by Crippen LogP contribution is -2.02. The lowest BCUT2D eigenvalue weighted by atomic mass is 10.2. The van der Waals surface area contributed by atoms with Crippen molar-refractivity contribution in [2.75, 3.05) is 6.61 Å². The average Bonchev–Trinajstić information content (AvgIpc) is 2.74. The molecular formula is C11H10FNOS. The minimum absolute atomic E-state index is 0.215. The van der Waals surface area contributed by atoms with Crippen molar-refractivity contribution < 1.29 is 9.13 Å². The SMILES string of the molecule is Fc1ncccc1OCCc1ccsc1. The summed E-state index contributed by atoms with van der Waals surface area (Å²) in [5.74, 6) is -0.337. The maximum atomic E-state index is 13.0. The maximum Gasteiger partial charge on any atom is 0.255 e. The van der Waals surface area contributed by atoms with E-state index >= 15 is 0 Å². The van der Waals surface area contributed by atoms with E-state index in [9.17, 15) is 4.39 Å². The molecular weight excluding hydrogens is 213 g/mol. The van der Waals surface area contributed by atoms with E-state index in [1.807, 2.05) is 11.4 Å². The van der Waals surface area contributed by atoms with Gasteiger partial charge < -0.3 is 4.74 Å². The van der Waals surface area contributed by atoms with E-state index < -0.39 is 5.95 Å². The van der Waals surface area contributed by atoms with Gasteiger partial charge in [-0.2, -0.15) is 15.7 Å². The molecule has 0 radical (unpaired) electrons. The Kier molecular flexibility index (Phi) is 3.29. The molecule has 0 fully saturated rings. The molecule has 0 N–H and O–H groups in total. The molecule has 2 nitrogen and oxygen atoms in total. The Hall–Kier alpha value is -1.42. The third kappa shape index (κ3) is 2.76. The molecule has 15 heavy (non-hydrogen) atoms. The van der Waals surface area contributed by atoms with Crippen LogP contribution in [0.2, 0.25) is 0 Å². The highest BCUT2D eigenvalue weighted by Crippen LogP contribution is 2.13. The minimum Gasteiger partial charge on any atom is -0.488 e. The van der Waals surface area contributed by atoms with Gasteiger partial charge in [0, 0.05) is 12.6 Å². The molecule has 2 aromatic heterocycles. The number of aromatic nitrogens is 1. The van der Waals surface area contributed by atoms with Crippen LogP contribution in [0.3, 0.4) is 0 Å². The number of pyridine rings is 1. The van der Waals surface area contributed by atoms with Gasteiger partial charge in [-0.05, 0) is 34.5 Å². The van der Waals surface area contributed by atoms with Crippen molar-refractivity contribution in [3.05, 3.63) is 46.7 Å². The van der Waals surface area contributed by atoms with Gasteiger partial charge in [0.15, 0.2) is 5.75 Å². The first-order valence-corrected chi connectivity index (χ1v) is 5.55. The monoisotopic (exact) mass is 223 g/mol. The summed E-state index contributed by atoms with van der Waals surface area (Å²) in [6.45, 7) is 0.472. The van der Waals surface area contributed by atoms with Gasteiger partial charge in [0.1, 0.15) is 0 Å². The predicted octanol–water partition coefficient (Wildman–Crippen LogP) is 2.90. The van der Waals surface area contributed by atoms with E-state index in [-0.39, 0.29) is 5.75 Å². The van der Waals surface area contributed by atoms with Crippen molar-refractivity contribution in [2.45, 2.75) is 6.42 Å². The van der Waals surface area contributed by atoms with Gasteiger partial charge in [0.25, 0.3) is 5.95 Å². The zero-order valence-electron chi connectivity index (χ0n) is 8.02. The molecule has 0 aromatic carbocycles. The molecule has 0 aliphatic rings. The van der Waals surface area contributed by atoms with Gasteiger partial charge in [-0.25, -0.2) is 4.98 Å². The molecule has 4 heteroatoms. The van der Waals surface area contributed by atoms with E-state index in [1.165, 1.54) is 11.8 Å². The topological polar surface area (TPSA) is 22.1 Å². The van der Waals surface area contributed by atoms with Crippen LogP contribution < -0.4 is 4.74 Å². The van der Waals surface area contributed by atoms with Crippen molar-refractivity contribution in [3.63, 3.8) is 0 Å². The predicted molar refractivity (Wildman–Crippen MR) is 57.7 cm³/mol. The second kappa shape index (κ2) is 4.89. The highest BCUT2D eigenvalue weighted by Gasteiger charge is 2.02. The Bertz CT molecular complexity index is 416. The van der Waals surface area contributed by atoms with Crippen LogP contribution in [-0.4, -0.2) is 11.6 Å². The molecule has 0 amide bonds. The van der Waals surface area contributed by atoms with E-state index in [0.717, 1.165) is 6.42 Å². The fourth-order valence-corrected chi connectivity index (χ4v) is 1.90. The normalized spacial score (nSPS) is 10.2. The molecule has 0 aliphatic heterocycles. The van der Waals surface area contributed by atoms with Crippen LogP contribution in [0.15, 0.2) is 35.2 Å². The van der Waals surface area contributed by atoms with Crippen LogP contribution in [0.25, 0.3) is 0 Å². The molecule has 0 saturated heterocycles. The van der Waals surface area contributed by atoms with Crippen molar-refractivity contribution in [1.29, 1.82) is 0 Å². The standard InChI is InChI=1S/C11H10FNOS/c12-11-10(2-1-5-13-11)14-6-3-9-4-7-15-8-9/h1-2,4-5,7-8H,3,6H2. The Morgan fingerprint density at radius 1 is 1.40 bits per heavy atom. The van der Waals surface area contributed by atoms with E-state index in [2.05, 4.69) is 10.4 Å². The quantitative estimate of drug-likeness (QED) is 0.743. The first-order valence-electron chi connectivity index (χ1n) is 4.60. The molecule has 2 aromatic rings. The highest BCUT2D eigenvalue weighted by atomic mass is 32.1. The summed E-state index contributed by atoms with van der Waals surface area (Å²) >= 11 is 1.65.